The van der Waals surface area contributed by atoms with Gasteiger partial charge in [-0.1, -0.05) is 6.92 Å². The maximum atomic E-state index is 11.8. The number of hydrogen-bond donors (Lipinski definition) is 0. The number of rotatable bonds is 3. The molecular weight excluding hydrogens is 159 g/mol. The Hall–Kier alpha value is -0.390. The lowest BCUT2D eigenvalue weighted by molar-refractivity contribution is -0.423. The topological polar surface area (TPSA) is 9.23 Å². The van der Waals surface area contributed by atoms with Crippen molar-refractivity contribution in [3.63, 3.8) is 0 Å². The Bertz CT molecular complexity index is 98.2. The second-order valence-corrected chi connectivity index (χ2v) is 1.65. The van der Waals surface area contributed by atoms with Gasteiger partial charge < -0.3 is 0 Å². The van der Waals surface area contributed by atoms with Gasteiger partial charge in [0.1, 0.15) is 0 Å². The molecule has 0 aliphatic rings. The Labute approximate surface area is 53.7 Å². The second kappa shape index (κ2) is 2.69. The number of hydrogen-bond acceptors (Lipinski definition) is 1. The van der Waals surface area contributed by atoms with Crippen LogP contribution in [0.15, 0.2) is 0 Å². The monoisotopic (exact) mass is 164 g/mol. The summed E-state index contributed by atoms with van der Waals surface area (Å²) in [5, 5.41) is 0. The van der Waals surface area contributed by atoms with E-state index in [4.69, 9.17) is 0 Å². The van der Waals surface area contributed by atoms with Gasteiger partial charge in [-0.05, 0) is 4.53 Å². The number of halogens is 5. The minimum atomic E-state index is -5.01. The van der Waals surface area contributed by atoms with Crippen molar-refractivity contribution in [2.75, 3.05) is 0 Å². The van der Waals surface area contributed by atoms with E-state index in [-0.39, 0.29) is 0 Å². The summed E-state index contributed by atoms with van der Waals surface area (Å²) < 4.78 is 57.5. The molecule has 0 unspecified atom stereocenters. The number of alkyl halides is 4. The Balaban J connectivity index is 4.28. The molecule has 0 saturated carbocycles. The van der Waals surface area contributed by atoms with Crippen molar-refractivity contribution in [3.8, 4) is 0 Å². The molecule has 0 fully saturated rings. The van der Waals surface area contributed by atoms with Gasteiger partial charge in [0.2, 0.25) is 0 Å². The lowest BCUT2D eigenvalue weighted by Crippen LogP contribution is -2.40. The van der Waals surface area contributed by atoms with Crippen LogP contribution in [0.4, 0.5) is 22.1 Å². The zero-order valence-corrected chi connectivity index (χ0v) is 5.01. The minimum Gasteiger partial charge on any atom is -0.197 e. The molecule has 0 amide bonds. The van der Waals surface area contributed by atoms with Crippen molar-refractivity contribution >= 4 is 0 Å². The zero-order valence-electron chi connectivity index (χ0n) is 5.01. The summed E-state index contributed by atoms with van der Waals surface area (Å²) in [7, 11) is 0. The van der Waals surface area contributed by atoms with E-state index in [0.29, 0.717) is 0 Å². The average Bonchev–Trinajstić information content (AvgIpc) is 1.88. The fourth-order valence-corrected chi connectivity index (χ4v) is 0.262. The molecule has 1 nitrogen and oxygen atoms in total. The summed E-state index contributed by atoms with van der Waals surface area (Å²) in [6.45, 7) is 0.799. The first-order valence-electron chi connectivity index (χ1n) is 2.43. The molecule has 0 aromatic rings. The Kier molecular flexibility index (Phi) is 2.59. The normalized spacial score (nSPS) is 13.8. The van der Waals surface area contributed by atoms with Crippen molar-refractivity contribution in [1.82, 2.24) is 0 Å². The lowest BCUT2D eigenvalue weighted by Gasteiger charge is -2.19. The third-order valence-corrected chi connectivity index (χ3v) is 0.967. The van der Waals surface area contributed by atoms with Gasteiger partial charge in [0.05, 0.1) is 0 Å². The largest absolute Gasteiger partial charge is 0.449 e. The highest BCUT2D eigenvalue weighted by Crippen LogP contribution is 2.37. The van der Waals surface area contributed by atoms with Crippen molar-refractivity contribution in [1.29, 1.82) is 0 Å². The highest BCUT2D eigenvalue weighted by Gasteiger charge is 2.57. The zero-order chi connectivity index (χ0) is 8.41. The van der Waals surface area contributed by atoms with Gasteiger partial charge in [0.15, 0.2) is 0 Å². The van der Waals surface area contributed by atoms with Crippen molar-refractivity contribution in [2.45, 2.75) is 25.4 Å². The van der Waals surface area contributed by atoms with E-state index < -0.39 is 18.5 Å². The van der Waals surface area contributed by atoms with Gasteiger partial charge in [-0.3, -0.25) is 0 Å². The van der Waals surface area contributed by atoms with Gasteiger partial charge in [0.25, 0.3) is 0 Å². The van der Waals surface area contributed by atoms with Gasteiger partial charge in [-0.2, -0.15) is 17.6 Å². The van der Waals surface area contributed by atoms with Crippen molar-refractivity contribution < 1.29 is 27.0 Å². The first-order valence-corrected chi connectivity index (χ1v) is 2.43. The highest BCUT2D eigenvalue weighted by molar-refractivity contribution is 4.73. The van der Waals surface area contributed by atoms with E-state index in [2.05, 4.69) is 0 Å². The Morgan fingerprint density at radius 1 is 1.20 bits per heavy atom. The minimum absolute atomic E-state index is 0.799. The van der Waals surface area contributed by atoms with E-state index in [1.54, 1.807) is 0 Å². The summed E-state index contributed by atoms with van der Waals surface area (Å²) in [5.74, 6) is -4.44. The standard InChI is InChI=1S/C4H5F5O/c1-2-3(5,6)4(7,8)10-9/h2H2,1H3. The third kappa shape index (κ3) is 1.56. The van der Waals surface area contributed by atoms with Crippen LogP contribution in [0.5, 0.6) is 0 Å². The molecule has 0 spiro atoms. The molecule has 0 saturated heterocycles. The van der Waals surface area contributed by atoms with Crippen LogP contribution in [0, 0.1) is 0 Å². The van der Waals surface area contributed by atoms with Crippen LogP contribution in [-0.2, 0) is 4.94 Å². The molecule has 6 heteroatoms. The van der Waals surface area contributed by atoms with Gasteiger partial charge in [-0.25, -0.2) is 0 Å². The molecule has 0 bridgehead atoms. The van der Waals surface area contributed by atoms with E-state index in [9.17, 15) is 22.1 Å². The maximum Gasteiger partial charge on any atom is 0.449 e. The molecule has 0 heterocycles. The van der Waals surface area contributed by atoms with Crippen LogP contribution in [0.3, 0.4) is 0 Å². The molecule has 0 aliphatic carbocycles. The molecule has 0 atom stereocenters. The van der Waals surface area contributed by atoms with E-state index in [1.165, 1.54) is 0 Å². The summed E-state index contributed by atoms with van der Waals surface area (Å²) in [5.41, 5.74) is 0. The highest BCUT2D eigenvalue weighted by atomic mass is 19.4. The average molecular weight is 164 g/mol. The molecule has 10 heavy (non-hydrogen) atoms. The fraction of sp³-hybridized carbons (Fsp3) is 1.00. The maximum absolute atomic E-state index is 11.8. The Morgan fingerprint density at radius 2 is 1.60 bits per heavy atom. The molecule has 0 radical (unpaired) electrons. The van der Waals surface area contributed by atoms with Crippen LogP contribution < -0.4 is 0 Å². The first-order chi connectivity index (χ1) is 4.37. The fourth-order valence-electron chi connectivity index (χ4n) is 0.262. The first kappa shape index (κ1) is 9.61. The molecule has 0 aromatic carbocycles. The molecule has 0 N–H and O–H groups in total. The van der Waals surface area contributed by atoms with Gasteiger partial charge in [0, 0.05) is 6.42 Å². The van der Waals surface area contributed by atoms with E-state index in [0.717, 1.165) is 6.92 Å². The van der Waals surface area contributed by atoms with Crippen molar-refractivity contribution in [3.05, 3.63) is 0 Å². The SMILES string of the molecule is CCC(F)(F)C(F)(F)OF. The molecular formula is C4H5F5O. The van der Waals surface area contributed by atoms with E-state index in [1.807, 2.05) is 4.94 Å². The van der Waals surface area contributed by atoms with Crippen LogP contribution in [0.1, 0.15) is 13.3 Å². The van der Waals surface area contributed by atoms with Crippen LogP contribution >= 0.6 is 0 Å². The van der Waals surface area contributed by atoms with Crippen LogP contribution in [-0.4, -0.2) is 12.0 Å². The van der Waals surface area contributed by atoms with E-state index >= 15 is 0 Å². The third-order valence-electron chi connectivity index (χ3n) is 0.967. The lowest BCUT2D eigenvalue weighted by atomic mass is 10.2. The molecule has 0 rings (SSSR count). The smallest absolute Gasteiger partial charge is 0.197 e. The van der Waals surface area contributed by atoms with Gasteiger partial charge in [-0.15, -0.1) is 4.94 Å². The van der Waals surface area contributed by atoms with Crippen molar-refractivity contribution in [2.24, 2.45) is 0 Å². The van der Waals surface area contributed by atoms with Crippen LogP contribution in [0.25, 0.3) is 0 Å². The quantitative estimate of drug-likeness (QED) is 0.582. The summed E-state index contributed by atoms with van der Waals surface area (Å²) >= 11 is 0. The summed E-state index contributed by atoms with van der Waals surface area (Å²) in [6.07, 6.45) is -6.19. The predicted molar refractivity (Wildman–Crippen MR) is 22.4 cm³/mol. The molecule has 62 valence electrons. The Morgan fingerprint density at radius 3 is 1.70 bits per heavy atom. The molecule has 0 aromatic heterocycles. The molecule has 0 aliphatic heterocycles. The van der Waals surface area contributed by atoms with Crippen LogP contribution in [0.2, 0.25) is 0 Å². The predicted octanol–water partition coefficient (Wildman–Crippen LogP) is 2.53. The second-order valence-electron chi connectivity index (χ2n) is 1.65. The summed E-state index contributed by atoms with van der Waals surface area (Å²) in [4.78, 5) is 1.81. The summed E-state index contributed by atoms with van der Waals surface area (Å²) in [6, 6.07) is 0. The van der Waals surface area contributed by atoms with Gasteiger partial charge >= 0.3 is 12.0 Å².